The van der Waals surface area contributed by atoms with Gasteiger partial charge in [0.2, 0.25) is 11.8 Å². The van der Waals surface area contributed by atoms with Crippen LogP contribution in [-0.2, 0) is 17.1 Å². The lowest BCUT2D eigenvalue weighted by atomic mass is 9.67. The molecule has 0 aliphatic heterocycles. The highest BCUT2D eigenvalue weighted by atomic mass is 35.5. The fourth-order valence-electron chi connectivity index (χ4n) is 4.13. The molecule has 0 spiro atoms. The van der Waals surface area contributed by atoms with Crippen molar-refractivity contribution in [2.45, 2.75) is 50.3 Å². The molecule has 170 valence electrons. The van der Waals surface area contributed by atoms with Gasteiger partial charge >= 0.3 is 0 Å². The second-order valence-corrected chi connectivity index (χ2v) is 10.9. The van der Waals surface area contributed by atoms with Gasteiger partial charge in [0.15, 0.2) is 0 Å². The summed E-state index contributed by atoms with van der Waals surface area (Å²) in [6.45, 7) is 4.44. The Bertz CT molecular complexity index is 1230. The molecule has 8 nitrogen and oxygen atoms in total. The van der Waals surface area contributed by atoms with E-state index in [2.05, 4.69) is 33.6 Å². The van der Waals surface area contributed by atoms with Crippen LogP contribution < -0.4 is 9.46 Å². The number of anilines is 1. The third kappa shape index (κ3) is 5.05. The lowest BCUT2D eigenvalue weighted by Crippen LogP contribution is -2.27. The molecule has 4 rings (SSSR count). The number of halogens is 1. The molecular weight excluding hydrogens is 450 g/mol. The van der Waals surface area contributed by atoms with Crippen LogP contribution in [-0.4, -0.2) is 28.2 Å². The minimum Gasteiger partial charge on any atom is -0.439 e. The number of nitrogens with zero attached hydrogens (tertiary/aromatic N) is 4. The van der Waals surface area contributed by atoms with E-state index in [9.17, 15) is 8.42 Å². The quantitative estimate of drug-likeness (QED) is 0.529. The molecule has 3 aromatic rings. The number of hydrogen-bond acceptors (Lipinski definition) is 6. The van der Waals surface area contributed by atoms with E-state index in [1.54, 1.807) is 37.4 Å². The third-order valence-corrected chi connectivity index (χ3v) is 7.34. The summed E-state index contributed by atoms with van der Waals surface area (Å²) in [5, 5.41) is 4.47. The van der Waals surface area contributed by atoms with Crippen LogP contribution >= 0.6 is 11.6 Å². The van der Waals surface area contributed by atoms with E-state index in [-0.39, 0.29) is 28.1 Å². The Morgan fingerprint density at radius 3 is 2.72 bits per heavy atom. The summed E-state index contributed by atoms with van der Waals surface area (Å²) in [6, 6.07) is 8.75. The summed E-state index contributed by atoms with van der Waals surface area (Å²) >= 11 is 6.08. The maximum absolute atomic E-state index is 12.8. The molecule has 10 heteroatoms. The van der Waals surface area contributed by atoms with Gasteiger partial charge in [-0.15, -0.1) is 0 Å². The highest BCUT2D eigenvalue weighted by molar-refractivity contribution is 7.92. The number of hydrogen-bond donors (Lipinski definition) is 1. The summed E-state index contributed by atoms with van der Waals surface area (Å²) in [6.07, 6.45) is 7.00. The van der Waals surface area contributed by atoms with Crippen molar-refractivity contribution in [2.24, 2.45) is 12.5 Å². The molecule has 1 saturated carbocycles. The van der Waals surface area contributed by atoms with E-state index in [0.717, 1.165) is 25.0 Å². The monoisotopic (exact) mass is 475 g/mol. The van der Waals surface area contributed by atoms with Gasteiger partial charge < -0.3 is 4.74 Å². The van der Waals surface area contributed by atoms with E-state index >= 15 is 0 Å². The van der Waals surface area contributed by atoms with Crippen molar-refractivity contribution in [3.63, 3.8) is 0 Å². The normalized spacial score (nSPS) is 18.3. The molecule has 0 amide bonds. The molecule has 2 heterocycles. The Morgan fingerprint density at radius 1 is 1.22 bits per heavy atom. The van der Waals surface area contributed by atoms with Crippen LogP contribution in [0.1, 0.15) is 51.1 Å². The molecule has 0 saturated heterocycles. The number of aromatic nitrogens is 4. The fraction of sp³-hybridized carbons (Fsp3) is 0.409. The van der Waals surface area contributed by atoms with Gasteiger partial charge in [-0.2, -0.15) is 10.1 Å². The Hall–Kier alpha value is -2.65. The molecule has 32 heavy (non-hydrogen) atoms. The first-order chi connectivity index (χ1) is 15.1. The summed E-state index contributed by atoms with van der Waals surface area (Å²) < 4.78 is 35.5. The van der Waals surface area contributed by atoms with E-state index in [1.807, 2.05) is 0 Å². The zero-order valence-corrected chi connectivity index (χ0v) is 19.8. The van der Waals surface area contributed by atoms with Crippen molar-refractivity contribution in [3.05, 3.63) is 53.4 Å². The van der Waals surface area contributed by atoms with Crippen molar-refractivity contribution < 1.29 is 13.2 Å². The highest BCUT2D eigenvalue weighted by Crippen LogP contribution is 2.46. The van der Waals surface area contributed by atoms with Gasteiger partial charge in [-0.05, 0) is 36.5 Å². The number of nitrogens with one attached hydrogen (secondary N) is 1. The summed E-state index contributed by atoms with van der Waals surface area (Å²) in [5.74, 6) is 0.876. The van der Waals surface area contributed by atoms with Gasteiger partial charge in [0.05, 0.1) is 11.9 Å². The molecule has 1 aliphatic rings. The smallest absolute Gasteiger partial charge is 0.267 e. The average molecular weight is 476 g/mol. The van der Waals surface area contributed by atoms with Gasteiger partial charge in [0.1, 0.15) is 10.6 Å². The Balaban J connectivity index is 1.73. The van der Waals surface area contributed by atoms with Gasteiger partial charge in [0.25, 0.3) is 10.0 Å². The molecular formula is C22H26ClN5O3S. The molecule has 0 radical (unpaired) electrons. The number of rotatable bonds is 6. The highest BCUT2D eigenvalue weighted by Gasteiger charge is 2.35. The molecule has 1 unspecified atom stereocenters. The Kier molecular flexibility index (Phi) is 6.13. The van der Waals surface area contributed by atoms with E-state index in [1.165, 1.54) is 23.5 Å². The van der Waals surface area contributed by atoms with Crippen LogP contribution in [0.25, 0.3) is 0 Å². The van der Waals surface area contributed by atoms with Gasteiger partial charge in [0, 0.05) is 30.3 Å². The van der Waals surface area contributed by atoms with E-state index < -0.39 is 10.0 Å². The minimum atomic E-state index is -3.90. The SMILES string of the molecule is Cn1cc(S(=O)(=O)Nc2nc(Oc3cccc(Cl)c3)cc(C3CCCCC3(C)C)n2)cn1. The molecule has 1 aromatic carbocycles. The van der Waals surface area contributed by atoms with E-state index in [0.29, 0.717) is 10.8 Å². The van der Waals surface area contributed by atoms with Crippen molar-refractivity contribution in [1.82, 2.24) is 19.7 Å². The predicted octanol–water partition coefficient (Wildman–Crippen LogP) is 5.14. The van der Waals surface area contributed by atoms with E-state index in [4.69, 9.17) is 16.3 Å². The molecule has 2 aromatic heterocycles. The van der Waals surface area contributed by atoms with Crippen LogP contribution in [0.15, 0.2) is 47.6 Å². The van der Waals surface area contributed by atoms with Crippen LogP contribution in [0.3, 0.4) is 0 Å². The summed E-state index contributed by atoms with van der Waals surface area (Å²) in [7, 11) is -2.25. The molecule has 1 atom stereocenters. The first-order valence-electron chi connectivity index (χ1n) is 10.5. The number of ether oxygens (including phenoxy) is 1. The standard InChI is InChI=1S/C22H26ClN5O3S/c1-22(2)10-5-4-9-18(22)19-12-20(31-16-8-6-7-15(23)11-16)26-21(25-19)27-32(29,30)17-13-24-28(3)14-17/h6-8,11-14,18H,4-5,9-10H2,1-3H3,(H,25,26,27). The van der Waals surface area contributed by atoms with Gasteiger partial charge in [-0.1, -0.05) is 44.4 Å². The maximum Gasteiger partial charge on any atom is 0.267 e. The lowest BCUT2D eigenvalue weighted by molar-refractivity contribution is 0.196. The first-order valence-corrected chi connectivity index (χ1v) is 12.3. The zero-order chi connectivity index (χ0) is 22.9. The number of benzene rings is 1. The lowest BCUT2D eigenvalue weighted by Gasteiger charge is -2.38. The number of sulfonamides is 1. The molecule has 1 N–H and O–H groups in total. The molecule has 0 bridgehead atoms. The topological polar surface area (TPSA) is 99.0 Å². The van der Waals surface area contributed by atoms with Crippen molar-refractivity contribution >= 4 is 27.6 Å². The number of aryl methyl sites for hydroxylation is 1. The predicted molar refractivity (Wildman–Crippen MR) is 123 cm³/mol. The van der Waals surface area contributed by atoms with Crippen LogP contribution in [0.4, 0.5) is 5.95 Å². The second kappa shape index (κ2) is 8.71. The minimum absolute atomic E-state index is 0.0272. The average Bonchev–Trinajstić information content (AvgIpc) is 3.14. The van der Waals surface area contributed by atoms with Crippen LogP contribution in [0, 0.1) is 5.41 Å². The van der Waals surface area contributed by atoms with Crippen molar-refractivity contribution in [2.75, 3.05) is 4.72 Å². The van der Waals surface area contributed by atoms with Gasteiger partial charge in [-0.25, -0.2) is 18.1 Å². The molecule has 1 fully saturated rings. The van der Waals surface area contributed by atoms with Gasteiger partial charge in [-0.3, -0.25) is 4.68 Å². The largest absolute Gasteiger partial charge is 0.439 e. The van der Waals surface area contributed by atoms with Crippen LogP contribution in [0.5, 0.6) is 11.6 Å². The summed E-state index contributed by atoms with van der Waals surface area (Å²) in [5.41, 5.74) is 0.782. The third-order valence-electron chi connectivity index (χ3n) is 5.82. The van der Waals surface area contributed by atoms with Crippen molar-refractivity contribution in [1.29, 1.82) is 0 Å². The Morgan fingerprint density at radius 2 is 2.03 bits per heavy atom. The summed E-state index contributed by atoms with van der Waals surface area (Å²) in [4.78, 5) is 8.95. The second-order valence-electron chi connectivity index (χ2n) is 8.76. The zero-order valence-electron chi connectivity index (χ0n) is 18.2. The maximum atomic E-state index is 12.8. The first kappa shape index (κ1) is 22.5. The van der Waals surface area contributed by atoms with Crippen LogP contribution in [0.2, 0.25) is 5.02 Å². The Labute approximate surface area is 193 Å². The molecule has 1 aliphatic carbocycles. The van der Waals surface area contributed by atoms with Crippen molar-refractivity contribution in [3.8, 4) is 11.6 Å². The fourth-order valence-corrected chi connectivity index (χ4v) is 5.24.